The molecule has 0 spiro atoms. The van der Waals surface area contributed by atoms with Gasteiger partial charge in [-0.25, -0.2) is 0 Å². The first-order chi connectivity index (χ1) is 13.0. The van der Waals surface area contributed by atoms with Gasteiger partial charge in [-0.2, -0.15) is 0 Å². The van der Waals surface area contributed by atoms with Gasteiger partial charge in [-0.1, -0.05) is 18.2 Å². The number of carbonyl (C=O) groups excluding carboxylic acids is 2. The summed E-state index contributed by atoms with van der Waals surface area (Å²) in [7, 11) is 4.94. The number of likely N-dealkylation sites (tertiary alicyclic amines) is 1. The molecule has 2 amide bonds. The van der Waals surface area contributed by atoms with Gasteiger partial charge in [0, 0.05) is 25.2 Å². The number of hydrogen-bond acceptors (Lipinski definition) is 4. The molecule has 0 aromatic heterocycles. The van der Waals surface area contributed by atoms with E-state index in [-0.39, 0.29) is 23.8 Å². The van der Waals surface area contributed by atoms with E-state index in [1.165, 1.54) is 0 Å². The Morgan fingerprint density at radius 1 is 1.07 bits per heavy atom. The van der Waals surface area contributed by atoms with Crippen molar-refractivity contribution < 1.29 is 19.1 Å². The lowest BCUT2D eigenvalue weighted by atomic mass is 9.84. The Morgan fingerprint density at radius 3 is 2.44 bits per heavy atom. The van der Waals surface area contributed by atoms with Gasteiger partial charge in [0.2, 0.25) is 11.8 Å². The van der Waals surface area contributed by atoms with E-state index >= 15 is 0 Å². The van der Waals surface area contributed by atoms with Crippen molar-refractivity contribution in [2.75, 3.05) is 26.6 Å². The van der Waals surface area contributed by atoms with Crippen molar-refractivity contribution in [3.8, 4) is 11.5 Å². The molecule has 0 radical (unpaired) electrons. The van der Waals surface area contributed by atoms with Crippen LogP contribution in [0.5, 0.6) is 11.5 Å². The molecule has 2 aromatic rings. The molecule has 6 nitrogen and oxygen atoms in total. The molecular formula is C21H24N2O4. The fraction of sp³-hybridized carbons (Fsp3) is 0.333. The fourth-order valence-electron chi connectivity index (χ4n) is 3.51. The summed E-state index contributed by atoms with van der Waals surface area (Å²) in [4.78, 5) is 26.9. The van der Waals surface area contributed by atoms with Crippen LogP contribution in [0.25, 0.3) is 0 Å². The average molecular weight is 368 g/mol. The maximum atomic E-state index is 13.0. The van der Waals surface area contributed by atoms with Crippen LogP contribution in [-0.4, -0.2) is 38.0 Å². The molecule has 2 aromatic carbocycles. The van der Waals surface area contributed by atoms with Crippen LogP contribution in [0.3, 0.4) is 0 Å². The van der Waals surface area contributed by atoms with E-state index < -0.39 is 0 Å². The fourth-order valence-corrected chi connectivity index (χ4v) is 3.51. The van der Waals surface area contributed by atoms with E-state index in [4.69, 9.17) is 9.47 Å². The summed E-state index contributed by atoms with van der Waals surface area (Å²) >= 11 is 0. The molecule has 6 heteroatoms. The second-order valence-corrected chi connectivity index (χ2v) is 6.59. The molecule has 0 bridgehead atoms. The number of nitrogens with zero attached hydrogens (tertiary/aromatic N) is 1. The predicted octanol–water partition coefficient (Wildman–Crippen LogP) is 3.25. The maximum Gasteiger partial charge on any atom is 0.229 e. The number of carbonyl (C=O) groups is 2. The molecule has 0 saturated carbocycles. The molecule has 1 aliphatic rings. The van der Waals surface area contributed by atoms with E-state index in [9.17, 15) is 9.59 Å². The summed E-state index contributed by atoms with van der Waals surface area (Å²) < 4.78 is 10.4. The van der Waals surface area contributed by atoms with E-state index in [0.717, 1.165) is 11.3 Å². The molecule has 1 heterocycles. The van der Waals surface area contributed by atoms with Crippen molar-refractivity contribution in [3.05, 3.63) is 54.1 Å². The first kappa shape index (κ1) is 18.8. The zero-order valence-electron chi connectivity index (χ0n) is 15.8. The topological polar surface area (TPSA) is 67.9 Å². The molecule has 27 heavy (non-hydrogen) atoms. The second-order valence-electron chi connectivity index (χ2n) is 6.59. The number of piperidine rings is 1. The van der Waals surface area contributed by atoms with Gasteiger partial charge in [0.05, 0.1) is 26.2 Å². The van der Waals surface area contributed by atoms with Crippen LogP contribution in [0.4, 0.5) is 5.69 Å². The maximum absolute atomic E-state index is 13.0. The van der Waals surface area contributed by atoms with Gasteiger partial charge in [-0.05, 0) is 36.2 Å². The van der Waals surface area contributed by atoms with Crippen LogP contribution in [-0.2, 0) is 9.59 Å². The Morgan fingerprint density at radius 2 is 1.78 bits per heavy atom. The number of methoxy groups -OCH3 is 2. The van der Waals surface area contributed by atoms with E-state index in [0.29, 0.717) is 24.3 Å². The monoisotopic (exact) mass is 368 g/mol. The van der Waals surface area contributed by atoms with Crippen molar-refractivity contribution >= 4 is 17.5 Å². The largest absolute Gasteiger partial charge is 0.497 e. The van der Waals surface area contributed by atoms with E-state index in [1.807, 2.05) is 42.5 Å². The minimum Gasteiger partial charge on any atom is -0.497 e. The third-order valence-corrected chi connectivity index (χ3v) is 4.99. The van der Waals surface area contributed by atoms with E-state index in [1.54, 1.807) is 32.2 Å². The SMILES string of the molecule is COc1ccc([C@H]2[C@@H](C(=O)Nc3cccc(OC)c3)CCC(=O)N2C)cc1. The Labute approximate surface area is 159 Å². The normalized spacial score (nSPS) is 19.5. The second kappa shape index (κ2) is 8.12. The van der Waals surface area contributed by atoms with Gasteiger partial charge in [0.25, 0.3) is 0 Å². The van der Waals surface area contributed by atoms with Crippen molar-refractivity contribution in [3.63, 3.8) is 0 Å². The molecule has 1 saturated heterocycles. The van der Waals surface area contributed by atoms with Gasteiger partial charge in [0.1, 0.15) is 11.5 Å². The number of hydrogen-bond donors (Lipinski definition) is 1. The lowest BCUT2D eigenvalue weighted by molar-refractivity contribution is -0.140. The van der Waals surface area contributed by atoms with E-state index in [2.05, 4.69) is 5.32 Å². The van der Waals surface area contributed by atoms with Gasteiger partial charge in [0.15, 0.2) is 0 Å². The molecule has 1 N–H and O–H groups in total. The van der Waals surface area contributed by atoms with Crippen LogP contribution in [0, 0.1) is 5.92 Å². The van der Waals surface area contributed by atoms with Crippen molar-refractivity contribution in [2.24, 2.45) is 5.92 Å². The Bertz CT molecular complexity index is 819. The summed E-state index contributed by atoms with van der Waals surface area (Å²) in [6.07, 6.45) is 0.870. The van der Waals surface area contributed by atoms with Crippen molar-refractivity contribution in [2.45, 2.75) is 18.9 Å². The first-order valence-corrected chi connectivity index (χ1v) is 8.88. The highest BCUT2D eigenvalue weighted by Gasteiger charge is 2.38. The number of amides is 2. The number of ether oxygens (including phenoxy) is 2. The summed E-state index contributed by atoms with van der Waals surface area (Å²) in [5.74, 6) is 1.01. The smallest absolute Gasteiger partial charge is 0.229 e. The van der Waals surface area contributed by atoms with Crippen LogP contribution in [0.1, 0.15) is 24.4 Å². The van der Waals surface area contributed by atoms with Crippen LogP contribution in [0.2, 0.25) is 0 Å². The van der Waals surface area contributed by atoms with Gasteiger partial charge < -0.3 is 19.7 Å². The van der Waals surface area contributed by atoms with Gasteiger partial charge in [-0.15, -0.1) is 0 Å². The summed E-state index contributed by atoms with van der Waals surface area (Å²) in [5.41, 5.74) is 1.59. The number of benzene rings is 2. The molecule has 142 valence electrons. The molecule has 1 fully saturated rings. The Balaban J connectivity index is 1.85. The minimum absolute atomic E-state index is 0.0428. The highest BCUT2D eigenvalue weighted by atomic mass is 16.5. The predicted molar refractivity (Wildman–Crippen MR) is 103 cm³/mol. The van der Waals surface area contributed by atoms with Crippen LogP contribution < -0.4 is 14.8 Å². The average Bonchev–Trinajstić information content (AvgIpc) is 2.70. The quantitative estimate of drug-likeness (QED) is 0.880. The first-order valence-electron chi connectivity index (χ1n) is 8.88. The molecule has 0 aliphatic carbocycles. The number of nitrogens with one attached hydrogen (secondary N) is 1. The summed E-state index contributed by atoms with van der Waals surface area (Å²) in [6, 6.07) is 14.4. The minimum atomic E-state index is -0.340. The molecular weight excluding hydrogens is 344 g/mol. The highest BCUT2D eigenvalue weighted by molar-refractivity contribution is 5.94. The highest BCUT2D eigenvalue weighted by Crippen LogP contribution is 2.37. The zero-order chi connectivity index (χ0) is 19.4. The molecule has 1 aliphatic heterocycles. The van der Waals surface area contributed by atoms with Crippen LogP contribution in [0.15, 0.2) is 48.5 Å². The number of rotatable bonds is 5. The molecule has 0 unspecified atom stereocenters. The Kier molecular flexibility index (Phi) is 5.64. The summed E-state index contributed by atoms with van der Waals surface area (Å²) in [6.45, 7) is 0. The third-order valence-electron chi connectivity index (χ3n) is 4.99. The van der Waals surface area contributed by atoms with Gasteiger partial charge in [-0.3, -0.25) is 9.59 Å². The van der Waals surface area contributed by atoms with Crippen LogP contribution >= 0.6 is 0 Å². The third kappa shape index (κ3) is 4.05. The lowest BCUT2D eigenvalue weighted by Crippen LogP contribution is -2.44. The zero-order valence-corrected chi connectivity index (χ0v) is 15.8. The lowest BCUT2D eigenvalue weighted by Gasteiger charge is -2.38. The standard InChI is InChI=1S/C21H24N2O4/c1-23-19(24)12-11-18(20(23)14-7-9-16(26-2)10-8-14)21(25)22-15-5-4-6-17(13-15)27-3/h4-10,13,18,20H,11-12H2,1-3H3,(H,22,25)/t18-,20-/m0/s1. The summed E-state index contributed by atoms with van der Waals surface area (Å²) in [5, 5.41) is 2.96. The van der Waals surface area contributed by atoms with Crippen molar-refractivity contribution in [1.82, 2.24) is 4.90 Å². The Hall–Kier alpha value is -3.02. The molecule has 2 atom stereocenters. The number of anilines is 1. The van der Waals surface area contributed by atoms with Gasteiger partial charge >= 0.3 is 0 Å². The van der Waals surface area contributed by atoms with Crippen molar-refractivity contribution in [1.29, 1.82) is 0 Å². The molecule has 3 rings (SSSR count).